The molecule has 0 radical (unpaired) electrons. The predicted molar refractivity (Wildman–Crippen MR) is 149 cm³/mol. The lowest BCUT2D eigenvalue weighted by Crippen LogP contribution is -2.17. The summed E-state index contributed by atoms with van der Waals surface area (Å²) >= 11 is 6.48. The summed E-state index contributed by atoms with van der Waals surface area (Å²) < 4.78 is 8.39. The standard InChI is InChI=1S/C32H28ClNO3/c33-26-13-16-30-29(21-26)28(18-20-37-27-14-11-23(22-36)12-15-27)31(17-19-35)34(30)32(24-7-3-1-4-8-24)25-9-5-2-6-10-25/h1-16,21-22,32,35H,17-20H2. The summed E-state index contributed by atoms with van der Waals surface area (Å²) in [6, 6.07) is 33.9. The Hall–Kier alpha value is -3.86. The van der Waals surface area contributed by atoms with Crippen LogP contribution >= 0.6 is 11.6 Å². The van der Waals surface area contributed by atoms with E-state index in [1.54, 1.807) is 24.3 Å². The van der Waals surface area contributed by atoms with Gasteiger partial charge in [-0.25, -0.2) is 0 Å². The van der Waals surface area contributed by atoms with Crippen LogP contribution in [0.4, 0.5) is 0 Å². The number of ether oxygens (including phenoxy) is 1. The SMILES string of the molecule is O=Cc1ccc(OCCc2c(CCO)n(C(c3ccccc3)c3ccccc3)c3ccc(Cl)cc23)cc1. The Morgan fingerprint density at radius 2 is 1.49 bits per heavy atom. The third-order valence-corrected chi connectivity index (χ3v) is 6.89. The van der Waals surface area contributed by atoms with Crippen LogP contribution in [0.15, 0.2) is 103 Å². The number of carbonyl (C=O) groups is 1. The topological polar surface area (TPSA) is 51.5 Å². The fourth-order valence-electron chi connectivity index (χ4n) is 5.03. The van der Waals surface area contributed by atoms with Crippen LogP contribution in [0.1, 0.15) is 38.8 Å². The first-order valence-electron chi connectivity index (χ1n) is 12.4. The number of hydrogen-bond acceptors (Lipinski definition) is 3. The Kier molecular flexibility index (Phi) is 7.69. The minimum absolute atomic E-state index is 0.0291. The first-order chi connectivity index (χ1) is 18.2. The van der Waals surface area contributed by atoms with E-state index in [-0.39, 0.29) is 12.6 Å². The molecule has 1 heterocycles. The second-order valence-electron chi connectivity index (χ2n) is 8.94. The third-order valence-electron chi connectivity index (χ3n) is 6.66. The second kappa shape index (κ2) is 11.5. The van der Waals surface area contributed by atoms with Gasteiger partial charge in [-0.05, 0) is 59.2 Å². The summed E-state index contributed by atoms with van der Waals surface area (Å²) in [5.41, 5.74) is 6.19. The van der Waals surface area contributed by atoms with E-state index in [0.29, 0.717) is 35.8 Å². The summed E-state index contributed by atoms with van der Waals surface area (Å²) in [4.78, 5) is 11.0. The van der Waals surface area contributed by atoms with Crippen molar-refractivity contribution in [3.8, 4) is 5.75 Å². The number of halogens is 1. The molecule has 0 saturated carbocycles. The molecule has 0 atom stereocenters. The quantitative estimate of drug-likeness (QED) is 0.208. The van der Waals surface area contributed by atoms with Crippen molar-refractivity contribution in [3.63, 3.8) is 0 Å². The van der Waals surface area contributed by atoms with Gasteiger partial charge in [-0.2, -0.15) is 0 Å². The van der Waals surface area contributed by atoms with Crippen LogP contribution in [0.3, 0.4) is 0 Å². The third kappa shape index (κ3) is 5.31. The van der Waals surface area contributed by atoms with Crippen LogP contribution in [0, 0.1) is 0 Å². The minimum atomic E-state index is -0.0711. The zero-order valence-electron chi connectivity index (χ0n) is 20.4. The molecule has 4 nitrogen and oxygen atoms in total. The van der Waals surface area contributed by atoms with Crippen molar-refractivity contribution in [2.45, 2.75) is 18.9 Å². The Morgan fingerprint density at radius 3 is 2.08 bits per heavy atom. The van der Waals surface area contributed by atoms with E-state index >= 15 is 0 Å². The van der Waals surface area contributed by atoms with E-state index in [0.717, 1.165) is 39.6 Å². The van der Waals surface area contributed by atoms with E-state index in [9.17, 15) is 9.90 Å². The monoisotopic (exact) mass is 509 g/mol. The molecule has 0 fully saturated rings. The van der Waals surface area contributed by atoms with Crippen LogP contribution in [0.5, 0.6) is 5.75 Å². The van der Waals surface area contributed by atoms with Gasteiger partial charge in [0.05, 0.1) is 12.6 Å². The number of aldehydes is 1. The van der Waals surface area contributed by atoms with Crippen molar-refractivity contribution in [1.82, 2.24) is 4.57 Å². The number of aliphatic hydroxyl groups is 1. The van der Waals surface area contributed by atoms with Gasteiger partial charge in [-0.1, -0.05) is 72.3 Å². The van der Waals surface area contributed by atoms with Gasteiger partial charge in [0.2, 0.25) is 0 Å². The van der Waals surface area contributed by atoms with Gasteiger partial charge in [0, 0.05) is 46.6 Å². The zero-order valence-corrected chi connectivity index (χ0v) is 21.1. The van der Waals surface area contributed by atoms with E-state index < -0.39 is 0 Å². The smallest absolute Gasteiger partial charge is 0.150 e. The van der Waals surface area contributed by atoms with E-state index in [1.807, 2.05) is 24.3 Å². The highest BCUT2D eigenvalue weighted by Gasteiger charge is 2.25. The lowest BCUT2D eigenvalue weighted by Gasteiger charge is -2.24. The van der Waals surface area contributed by atoms with Crippen LogP contribution < -0.4 is 4.74 Å². The van der Waals surface area contributed by atoms with Gasteiger partial charge in [0.15, 0.2) is 0 Å². The number of nitrogens with zero attached hydrogens (tertiary/aromatic N) is 1. The van der Waals surface area contributed by atoms with Gasteiger partial charge in [0.25, 0.3) is 0 Å². The average Bonchev–Trinajstić information content (AvgIpc) is 3.22. The molecular weight excluding hydrogens is 482 g/mol. The molecule has 0 aliphatic heterocycles. The summed E-state index contributed by atoms with van der Waals surface area (Å²) in [5.74, 6) is 0.711. The second-order valence-corrected chi connectivity index (χ2v) is 9.38. The summed E-state index contributed by atoms with van der Waals surface area (Å²) in [6.07, 6.45) is 1.97. The highest BCUT2D eigenvalue weighted by molar-refractivity contribution is 6.31. The molecule has 4 aromatic carbocycles. The lowest BCUT2D eigenvalue weighted by atomic mass is 9.97. The molecule has 0 saturated heterocycles. The van der Waals surface area contributed by atoms with Gasteiger partial charge < -0.3 is 14.4 Å². The molecule has 0 spiro atoms. The van der Waals surface area contributed by atoms with Crippen LogP contribution in [0.2, 0.25) is 5.02 Å². The maximum atomic E-state index is 11.0. The molecule has 186 valence electrons. The highest BCUT2D eigenvalue weighted by atomic mass is 35.5. The molecule has 1 aromatic heterocycles. The van der Waals surface area contributed by atoms with Crippen LogP contribution in [0.25, 0.3) is 10.9 Å². The normalized spacial score (nSPS) is 11.2. The fourth-order valence-corrected chi connectivity index (χ4v) is 5.20. The van der Waals surface area contributed by atoms with E-state index in [4.69, 9.17) is 16.3 Å². The van der Waals surface area contributed by atoms with Crippen molar-refractivity contribution in [1.29, 1.82) is 0 Å². The van der Waals surface area contributed by atoms with Crippen molar-refractivity contribution >= 4 is 28.8 Å². The molecule has 0 unspecified atom stereocenters. The van der Waals surface area contributed by atoms with Crippen molar-refractivity contribution < 1.29 is 14.6 Å². The molecule has 0 amide bonds. The van der Waals surface area contributed by atoms with Gasteiger partial charge in [-0.15, -0.1) is 0 Å². The van der Waals surface area contributed by atoms with Gasteiger partial charge >= 0.3 is 0 Å². The Bertz CT molecular complexity index is 1440. The van der Waals surface area contributed by atoms with Gasteiger partial charge in [-0.3, -0.25) is 4.79 Å². The first-order valence-corrected chi connectivity index (χ1v) is 12.8. The van der Waals surface area contributed by atoms with E-state index in [2.05, 4.69) is 59.2 Å². The number of aliphatic hydroxyl groups excluding tert-OH is 1. The first kappa shape index (κ1) is 24.8. The minimum Gasteiger partial charge on any atom is -0.493 e. The number of benzene rings is 4. The maximum absolute atomic E-state index is 11.0. The van der Waals surface area contributed by atoms with Crippen LogP contribution in [-0.2, 0) is 12.8 Å². The van der Waals surface area contributed by atoms with Crippen molar-refractivity contribution in [2.24, 2.45) is 0 Å². The summed E-state index contributed by atoms with van der Waals surface area (Å²) in [6.45, 7) is 0.479. The highest BCUT2D eigenvalue weighted by Crippen LogP contribution is 2.37. The molecule has 5 aromatic rings. The summed E-state index contributed by atoms with van der Waals surface area (Å²) in [5, 5.41) is 11.9. The van der Waals surface area contributed by atoms with Crippen molar-refractivity contribution in [3.05, 3.63) is 136 Å². The molecule has 5 heteroatoms. The fraction of sp³-hybridized carbons (Fsp3) is 0.156. The Balaban J connectivity index is 1.62. The molecule has 0 aliphatic rings. The van der Waals surface area contributed by atoms with Crippen LogP contribution in [-0.4, -0.2) is 29.2 Å². The Labute approximate surface area is 221 Å². The molecule has 5 rings (SSSR count). The number of rotatable bonds is 10. The lowest BCUT2D eigenvalue weighted by molar-refractivity contribution is 0.112. The maximum Gasteiger partial charge on any atom is 0.150 e. The van der Waals surface area contributed by atoms with Gasteiger partial charge in [0.1, 0.15) is 12.0 Å². The largest absolute Gasteiger partial charge is 0.493 e. The summed E-state index contributed by atoms with van der Waals surface area (Å²) in [7, 11) is 0. The van der Waals surface area contributed by atoms with Crippen molar-refractivity contribution in [2.75, 3.05) is 13.2 Å². The predicted octanol–water partition coefficient (Wildman–Crippen LogP) is 6.90. The molecule has 37 heavy (non-hydrogen) atoms. The zero-order chi connectivity index (χ0) is 25.6. The molecular formula is C32H28ClNO3. The number of fused-ring (bicyclic) bond motifs is 1. The Morgan fingerprint density at radius 1 is 0.838 bits per heavy atom. The number of carbonyl (C=O) groups excluding carboxylic acids is 1. The molecule has 1 N–H and O–H groups in total. The molecule has 0 bridgehead atoms. The van der Waals surface area contributed by atoms with E-state index in [1.165, 1.54) is 0 Å². The molecule has 0 aliphatic carbocycles. The number of hydrogen-bond donors (Lipinski definition) is 1. The average molecular weight is 510 g/mol. The number of aromatic nitrogens is 1.